The van der Waals surface area contributed by atoms with Crippen molar-refractivity contribution in [3.05, 3.63) is 136 Å². The van der Waals surface area contributed by atoms with E-state index >= 15 is 0 Å². The van der Waals surface area contributed by atoms with Crippen LogP contribution in [-0.4, -0.2) is 6.29 Å². The zero-order valence-electron chi connectivity index (χ0n) is 16.6. The first-order valence-corrected chi connectivity index (χ1v) is 11.5. The Morgan fingerprint density at radius 2 is 1.30 bits per heavy atom. The van der Waals surface area contributed by atoms with Gasteiger partial charge in [-0.1, -0.05) is 101 Å². The molecule has 4 aromatic rings. The third kappa shape index (κ3) is 7.66. The van der Waals surface area contributed by atoms with Gasteiger partial charge in [0, 0.05) is 20.7 Å². The molecule has 0 heterocycles. The molecule has 1 nitrogen and oxygen atoms in total. The number of hydrogen-bond acceptors (Lipinski definition) is 2. The minimum atomic E-state index is 0.739. The highest BCUT2D eigenvalue weighted by Gasteiger charge is 1.97. The molecule has 0 aliphatic carbocycles. The average Bonchev–Trinajstić information content (AvgIpc) is 2.80. The fourth-order valence-electron chi connectivity index (χ4n) is 2.91. The third-order valence-electron chi connectivity index (χ3n) is 4.38. The average molecular weight is 475 g/mol. The van der Waals surface area contributed by atoms with Crippen molar-refractivity contribution in [3.63, 3.8) is 0 Å². The van der Waals surface area contributed by atoms with Crippen LogP contribution in [0.5, 0.6) is 0 Å². The molecule has 0 spiro atoms. The summed E-state index contributed by atoms with van der Waals surface area (Å²) in [6.45, 7) is 0. The summed E-state index contributed by atoms with van der Waals surface area (Å²) in [5, 5.41) is 0. The van der Waals surface area contributed by atoms with Crippen LogP contribution in [-0.2, 0) is 12.2 Å². The summed E-state index contributed by atoms with van der Waals surface area (Å²) in [6.07, 6.45) is 1.76. The van der Waals surface area contributed by atoms with E-state index in [2.05, 4.69) is 70.5 Å². The van der Waals surface area contributed by atoms with Crippen molar-refractivity contribution in [1.29, 1.82) is 0 Å². The van der Waals surface area contributed by atoms with Gasteiger partial charge in [-0.15, -0.1) is 11.8 Å². The van der Waals surface area contributed by atoms with Gasteiger partial charge in [-0.3, -0.25) is 4.79 Å². The molecule has 0 fully saturated rings. The van der Waals surface area contributed by atoms with E-state index in [1.807, 2.05) is 66.4 Å². The van der Waals surface area contributed by atoms with E-state index in [4.69, 9.17) is 0 Å². The van der Waals surface area contributed by atoms with Crippen LogP contribution in [0.15, 0.2) is 119 Å². The van der Waals surface area contributed by atoms with Gasteiger partial charge in [-0.25, -0.2) is 0 Å². The smallest absolute Gasteiger partial charge is 0.150 e. The maximum absolute atomic E-state index is 10.6. The monoisotopic (exact) mass is 474 g/mol. The normalized spacial score (nSPS) is 10.0. The topological polar surface area (TPSA) is 17.1 Å². The Bertz CT molecular complexity index is 1050. The van der Waals surface area contributed by atoms with Crippen molar-refractivity contribution in [2.75, 3.05) is 0 Å². The van der Waals surface area contributed by atoms with Crippen LogP contribution in [0.2, 0.25) is 0 Å². The van der Waals surface area contributed by atoms with Crippen molar-refractivity contribution in [3.8, 4) is 0 Å². The largest absolute Gasteiger partial charge is 0.298 e. The van der Waals surface area contributed by atoms with Crippen molar-refractivity contribution in [2.24, 2.45) is 0 Å². The lowest BCUT2D eigenvalue weighted by Crippen LogP contribution is -1.89. The lowest BCUT2D eigenvalue weighted by Gasteiger charge is -2.02. The fraction of sp³-hybridized carbons (Fsp3) is 0.0741. The zero-order valence-corrected chi connectivity index (χ0v) is 19.0. The first-order chi connectivity index (χ1) is 14.7. The summed E-state index contributed by atoms with van der Waals surface area (Å²) < 4.78 is 1.14. The maximum atomic E-state index is 10.6. The number of carbonyl (C=O) groups excluding carboxylic acids is 1. The summed E-state index contributed by atoms with van der Waals surface area (Å²) in [5.74, 6) is 1.03. The molecule has 0 saturated heterocycles. The van der Waals surface area contributed by atoms with Crippen molar-refractivity contribution in [1.82, 2.24) is 0 Å². The standard InChI is InChI=1S/C14H12O.C13H11BrS/c15-11-14-8-4-7-13(10-14)9-12-5-2-1-3-6-12;14-12-7-4-8-13(9-12)15-10-11-5-2-1-3-6-11/h1-8,10-11H,9H2;1-9H,10H2. The highest BCUT2D eigenvalue weighted by atomic mass is 79.9. The van der Waals surface area contributed by atoms with Crippen LogP contribution in [0, 0.1) is 0 Å². The molecule has 150 valence electrons. The molecule has 0 bridgehead atoms. The molecule has 0 aliphatic heterocycles. The number of benzene rings is 4. The van der Waals surface area contributed by atoms with E-state index < -0.39 is 0 Å². The van der Waals surface area contributed by atoms with Crippen LogP contribution in [0.4, 0.5) is 0 Å². The van der Waals surface area contributed by atoms with Crippen LogP contribution in [0.1, 0.15) is 27.0 Å². The Hall–Kier alpha value is -2.62. The minimum Gasteiger partial charge on any atom is -0.298 e. The third-order valence-corrected chi connectivity index (χ3v) is 5.94. The van der Waals surface area contributed by atoms with Crippen LogP contribution in [0.25, 0.3) is 0 Å². The van der Waals surface area contributed by atoms with Crippen LogP contribution < -0.4 is 0 Å². The van der Waals surface area contributed by atoms with Gasteiger partial charge in [0.2, 0.25) is 0 Å². The molecule has 0 saturated carbocycles. The summed E-state index contributed by atoms with van der Waals surface area (Å²) in [4.78, 5) is 11.9. The van der Waals surface area contributed by atoms with Crippen LogP contribution >= 0.6 is 27.7 Å². The summed E-state index contributed by atoms with van der Waals surface area (Å²) in [5.41, 5.74) is 4.54. The molecule has 3 heteroatoms. The molecular formula is C27H23BrOS. The highest BCUT2D eigenvalue weighted by molar-refractivity contribution is 9.10. The molecule has 0 atom stereocenters. The number of hydrogen-bond donors (Lipinski definition) is 0. The molecule has 4 aromatic carbocycles. The lowest BCUT2D eigenvalue weighted by molar-refractivity contribution is 0.112. The summed E-state index contributed by atoms with van der Waals surface area (Å²) in [7, 11) is 0. The number of aldehydes is 1. The minimum absolute atomic E-state index is 0.739. The van der Waals surface area contributed by atoms with E-state index in [-0.39, 0.29) is 0 Å². The van der Waals surface area contributed by atoms with Gasteiger partial charge in [0.15, 0.2) is 0 Å². The van der Waals surface area contributed by atoms with Gasteiger partial charge in [0.25, 0.3) is 0 Å². The van der Waals surface area contributed by atoms with E-state index in [0.717, 1.165) is 28.5 Å². The second-order valence-corrected chi connectivity index (χ2v) is 8.72. The van der Waals surface area contributed by atoms with Gasteiger partial charge in [-0.2, -0.15) is 0 Å². The van der Waals surface area contributed by atoms with Gasteiger partial charge >= 0.3 is 0 Å². The lowest BCUT2D eigenvalue weighted by atomic mass is 10.0. The van der Waals surface area contributed by atoms with E-state index in [1.54, 1.807) is 0 Å². The van der Waals surface area contributed by atoms with Crippen LogP contribution in [0.3, 0.4) is 0 Å². The van der Waals surface area contributed by atoms with Gasteiger partial charge in [0.1, 0.15) is 6.29 Å². The number of rotatable bonds is 6. The predicted molar refractivity (Wildman–Crippen MR) is 131 cm³/mol. The second-order valence-electron chi connectivity index (χ2n) is 6.76. The SMILES string of the molecule is Brc1cccc(SCc2ccccc2)c1.O=Cc1cccc(Cc2ccccc2)c1. The zero-order chi connectivity index (χ0) is 21.0. The first-order valence-electron chi connectivity index (χ1n) is 9.73. The quantitative estimate of drug-likeness (QED) is 0.209. The van der Waals surface area contributed by atoms with Gasteiger partial charge < -0.3 is 0 Å². The van der Waals surface area contributed by atoms with Crippen molar-refractivity contribution in [2.45, 2.75) is 17.1 Å². The Morgan fingerprint density at radius 1 is 0.667 bits per heavy atom. The highest BCUT2D eigenvalue weighted by Crippen LogP contribution is 2.25. The van der Waals surface area contributed by atoms with E-state index in [0.29, 0.717) is 0 Å². The summed E-state index contributed by atoms with van der Waals surface area (Å²) >= 11 is 5.33. The molecule has 0 aromatic heterocycles. The van der Waals surface area contributed by atoms with E-state index in [9.17, 15) is 4.79 Å². The molecule has 0 unspecified atom stereocenters. The molecule has 30 heavy (non-hydrogen) atoms. The molecule has 0 radical (unpaired) electrons. The molecule has 0 aliphatic rings. The maximum Gasteiger partial charge on any atom is 0.150 e. The second kappa shape index (κ2) is 12.2. The van der Waals surface area contributed by atoms with Crippen molar-refractivity contribution < 1.29 is 4.79 Å². The molecule has 0 N–H and O–H groups in total. The number of carbonyl (C=O) groups is 1. The van der Waals surface area contributed by atoms with Gasteiger partial charge in [0.05, 0.1) is 0 Å². The summed E-state index contributed by atoms with van der Waals surface area (Å²) in [6, 6.07) is 36.9. The fourth-order valence-corrected chi connectivity index (χ4v) is 4.37. The Kier molecular flexibility index (Phi) is 8.95. The number of thioether (sulfide) groups is 1. The predicted octanol–water partition coefficient (Wildman–Crippen LogP) is 7.83. The molecule has 0 amide bonds. The Balaban J connectivity index is 0.000000171. The Labute approximate surface area is 191 Å². The van der Waals surface area contributed by atoms with Crippen molar-refractivity contribution >= 4 is 34.0 Å². The Morgan fingerprint density at radius 3 is 1.97 bits per heavy atom. The van der Waals surface area contributed by atoms with E-state index in [1.165, 1.54) is 21.6 Å². The molecule has 4 rings (SSSR count). The number of halogens is 1. The first kappa shape index (κ1) is 22.1. The van der Waals surface area contributed by atoms with Gasteiger partial charge in [-0.05, 0) is 47.4 Å². The molecular weight excluding hydrogens is 452 g/mol.